The molecule has 1 aliphatic heterocycles. The van der Waals surface area contributed by atoms with Gasteiger partial charge in [-0.2, -0.15) is 0 Å². The molecule has 2 aromatic carbocycles. The van der Waals surface area contributed by atoms with Crippen molar-refractivity contribution in [3.63, 3.8) is 0 Å². The lowest BCUT2D eigenvalue weighted by atomic mass is 9.85. The van der Waals surface area contributed by atoms with Crippen LogP contribution < -0.4 is 14.8 Å². The van der Waals surface area contributed by atoms with Gasteiger partial charge in [-0.1, -0.05) is 50.6 Å². The fourth-order valence-electron chi connectivity index (χ4n) is 3.26. The van der Waals surface area contributed by atoms with E-state index in [1.807, 2.05) is 44.2 Å². The number of carbonyl (C=O) groups excluding carboxylic acids is 2. The summed E-state index contributed by atoms with van der Waals surface area (Å²) in [6.45, 7) is 6.59. The molecule has 1 N–H and O–H groups in total. The maximum atomic E-state index is 12.9. The molecule has 0 saturated heterocycles. The average molecular weight is 397 g/mol. The largest absolute Gasteiger partial charge is 0.486 e. The molecule has 0 spiro atoms. The van der Waals surface area contributed by atoms with Gasteiger partial charge in [-0.25, -0.2) is 0 Å². The van der Waals surface area contributed by atoms with E-state index in [-0.39, 0.29) is 5.92 Å². The van der Waals surface area contributed by atoms with E-state index in [1.165, 1.54) is 0 Å². The smallest absolute Gasteiger partial charge is 0.314 e. The number of nitrogens with one attached hydrogen (secondary N) is 1. The molecule has 1 heterocycles. The van der Waals surface area contributed by atoms with Crippen LogP contribution in [0.1, 0.15) is 38.7 Å². The quantitative estimate of drug-likeness (QED) is 0.710. The first-order valence-corrected chi connectivity index (χ1v) is 9.95. The van der Waals surface area contributed by atoms with Gasteiger partial charge in [-0.3, -0.25) is 9.59 Å². The zero-order valence-corrected chi connectivity index (χ0v) is 17.0. The number of benzene rings is 2. The van der Waals surface area contributed by atoms with E-state index < -0.39 is 23.9 Å². The highest BCUT2D eigenvalue weighted by molar-refractivity contribution is 5.95. The van der Waals surface area contributed by atoms with E-state index in [9.17, 15) is 9.59 Å². The second kappa shape index (κ2) is 9.45. The third-order valence-electron chi connectivity index (χ3n) is 5.10. The molecule has 6 heteroatoms. The normalized spacial score (nSPS) is 15.7. The number of esters is 1. The molecule has 3 rings (SSSR count). The van der Waals surface area contributed by atoms with E-state index in [4.69, 9.17) is 14.2 Å². The molecule has 1 aliphatic rings. The maximum Gasteiger partial charge on any atom is 0.314 e. The van der Waals surface area contributed by atoms with Crippen LogP contribution >= 0.6 is 0 Å². The lowest BCUT2D eigenvalue weighted by molar-refractivity contribution is -0.155. The van der Waals surface area contributed by atoms with Crippen LogP contribution in [0, 0.1) is 5.92 Å². The molecular weight excluding hydrogens is 370 g/mol. The number of ether oxygens (including phenoxy) is 3. The highest BCUT2D eigenvalue weighted by Gasteiger charge is 2.30. The first kappa shape index (κ1) is 20.7. The van der Waals surface area contributed by atoms with Crippen LogP contribution in [0.3, 0.4) is 0 Å². The first-order valence-electron chi connectivity index (χ1n) is 9.95. The van der Waals surface area contributed by atoms with Gasteiger partial charge in [0.25, 0.3) is 5.91 Å². The Kier molecular flexibility index (Phi) is 6.75. The molecule has 0 bridgehead atoms. The zero-order chi connectivity index (χ0) is 20.8. The van der Waals surface area contributed by atoms with Crippen molar-refractivity contribution < 1.29 is 23.8 Å². The summed E-state index contributed by atoms with van der Waals surface area (Å²) < 4.78 is 16.5. The van der Waals surface area contributed by atoms with Crippen LogP contribution in [0.15, 0.2) is 48.5 Å². The molecule has 6 nitrogen and oxygen atoms in total. The predicted octanol–water partition coefficient (Wildman–Crippen LogP) is 4.16. The average Bonchev–Trinajstić information content (AvgIpc) is 2.74. The summed E-state index contributed by atoms with van der Waals surface area (Å²) in [5.41, 5.74) is 1.45. The molecule has 154 valence electrons. The third kappa shape index (κ3) is 5.08. The Bertz CT molecular complexity index is 852. The van der Waals surface area contributed by atoms with Gasteiger partial charge in [0.15, 0.2) is 17.6 Å². The van der Waals surface area contributed by atoms with Crippen molar-refractivity contribution in [1.82, 2.24) is 0 Å². The van der Waals surface area contributed by atoms with Gasteiger partial charge in [-0.05, 0) is 30.5 Å². The number of anilines is 1. The Hall–Kier alpha value is -3.02. The fraction of sp³-hybridized carbons (Fsp3) is 0.391. The predicted molar refractivity (Wildman–Crippen MR) is 110 cm³/mol. The minimum absolute atomic E-state index is 0.0953. The third-order valence-corrected chi connectivity index (χ3v) is 5.10. The van der Waals surface area contributed by atoms with Crippen LogP contribution in [-0.4, -0.2) is 31.2 Å². The summed E-state index contributed by atoms with van der Waals surface area (Å²) in [5, 5.41) is 2.77. The number of hydrogen-bond acceptors (Lipinski definition) is 5. The van der Waals surface area contributed by atoms with Crippen LogP contribution in [0.5, 0.6) is 11.5 Å². The fourth-order valence-corrected chi connectivity index (χ4v) is 3.26. The summed E-state index contributed by atoms with van der Waals surface area (Å²) in [6.07, 6.45) is -0.0992. The summed E-state index contributed by atoms with van der Waals surface area (Å²) in [5.74, 6) is 0.123. The summed E-state index contributed by atoms with van der Waals surface area (Å²) in [4.78, 5) is 25.4. The monoisotopic (exact) mass is 397 g/mol. The number of carbonyl (C=O) groups is 2. The summed E-state index contributed by atoms with van der Waals surface area (Å²) >= 11 is 0. The Morgan fingerprint density at radius 1 is 1.03 bits per heavy atom. The lowest BCUT2D eigenvalue weighted by Gasteiger charge is -2.24. The first-order chi connectivity index (χ1) is 14.0. The van der Waals surface area contributed by atoms with Crippen LogP contribution in [0.25, 0.3) is 0 Å². The van der Waals surface area contributed by atoms with E-state index in [0.717, 1.165) is 12.0 Å². The van der Waals surface area contributed by atoms with E-state index in [0.29, 0.717) is 30.4 Å². The summed E-state index contributed by atoms with van der Waals surface area (Å²) in [6, 6.07) is 14.7. The molecule has 0 aromatic heterocycles. The zero-order valence-electron chi connectivity index (χ0n) is 17.0. The van der Waals surface area contributed by atoms with Crippen LogP contribution in [0.4, 0.5) is 5.69 Å². The van der Waals surface area contributed by atoms with Crippen molar-refractivity contribution in [2.75, 3.05) is 18.5 Å². The van der Waals surface area contributed by atoms with Gasteiger partial charge in [0.2, 0.25) is 0 Å². The van der Waals surface area contributed by atoms with Gasteiger partial charge in [0.1, 0.15) is 13.2 Å². The van der Waals surface area contributed by atoms with Crippen molar-refractivity contribution in [2.45, 2.75) is 39.2 Å². The van der Waals surface area contributed by atoms with E-state index in [2.05, 4.69) is 5.32 Å². The highest BCUT2D eigenvalue weighted by atomic mass is 16.6. The molecule has 29 heavy (non-hydrogen) atoms. The number of rotatable bonds is 7. The number of hydrogen-bond donors (Lipinski definition) is 1. The highest BCUT2D eigenvalue weighted by Crippen LogP contribution is 2.33. The lowest BCUT2D eigenvalue weighted by Crippen LogP contribution is -2.33. The standard InChI is InChI=1S/C23H27NO5/c1-4-15(2)21(17-8-6-5-7-9-17)23(26)29-16(3)22(25)24-18-10-11-19-20(14-18)28-13-12-27-19/h5-11,14-16,21H,4,12-13H2,1-3H3,(H,24,25). The Morgan fingerprint density at radius 2 is 1.72 bits per heavy atom. The minimum atomic E-state index is -0.925. The maximum absolute atomic E-state index is 12.9. The Labute approximate surface area is 171 Å². The second-order valence-corrected chi connectivity index (χ2v) is 7.20. The van der Waals surface area contributed by atoms with Crippen LogP contribution in [-0.2, 0) is 14.3 Å². The molecule has 0 saturated carbocycles. The van der Waals surface area contributed by atoms with Gasteiger partial charge in [0.05, 0.1) is 5.92 Å². The Balaban J connectivity index is 1.65. The molecule has 3 unspecified atom stereocenters. The van der Waals surface area contributed by atoms with Gasteiger partial charge in [0, 0.05) is 11.8 Å². The Morgan fingerprint density at radius 3 is 2.41 bits per heavy atom. The van der Waals surface area contributed by atoms with Crippen molar-refractivity contribution in [1.29, 1.82) is 0 Å². The SMILES string of the molecule is CCC(C)C(C(=O)OC(C)C(=O)Nc1ccc2c(c1)OCCO2)c1ccccc1. The molecule has 0 radical (unpaired) electrons. The van der Waals surface area contributed by atoms with Gasteiger partial charge >= 0.3 is 5.97 Å². The molecule has 3 atom stereocenters. The van der Waals surface area contributed by atoms with E-state index in [1.54, 1.807) is 25.1 Å². The molecule has 2 aromatic rings. The molecule has 1 amide bonds. The number of fused-ring (bicyclic) bond motifs is 1. The van der Waals surface area contributed by atoms with Gasteiger partial charge < -0.3 is 19.5 Å². The molecule has 0 aliphatic carbocycles. The minimum Gasteiger partial charge on any atom is -0.486 e. The molecular formula is C23H27NO5. The topological polar surface area (TPSA) is 73.9 Å². The van der Waals surface area contributed by atoms with Crippen LogP contribution in [0.2, 0.25) is 0 Å². The van der Waals surface area contributed by atoms with Gasteiger partial charge in [-0.15, -0.1) is 0 Å². The summed E-state index contributed by atoms with van der Waals surface area (Å²) in [7, 11) is 0. The van der Waals surface area contributed by atoms with Crippen molar-refractivity contribution in [2.24, 2.45) is 5.92 Å². The number of amides is 1. The molecule has 0 fully saturated rings. The van der Waals surface area contributed by atoms with E-state index >= 15 is 0 Å². The second-order valence-electron chi connectivity index (χ2n) is 7.20. The van der Waals surface area contributed by atoms with Crippen molar-refractivity contribution >= 4 is 17.6 Å². The van der Waals surface area contributed by atoms with Crippen molar-refractivity contribution in [3.05, 3.63) is 54.1 Å². The van der Waals surface area contributed by atoms with Crippen molar-refractivity contribution in [3.8, 4) is 11.5 Å².